The maximum absolute atomic E-state index is 9.82. The van der Waals surface area contributed by atoms with Crippen molar-refractivity contribution in [1.82, 2.24) is 15.1 Å². The third-order valence-electron chi connectivity index (χ3n) is 4.89. The van der Waals surface area contributed by atoms with Gasteiger partial charge in [0.05, 0.1) is 12.6 Å². The molecule has 2 rings (SSSR count). The number of guanidine groups is 1. The molecule has 2 N–H and O–H groups in total. The van der Waals surface area contributed by atoms with Crippen LogP contribution in [0.25, 0.3) is 0 Å². The van der Waals surface area contributed by atoms with Crippen molar-refractivity contribution in [3.63, 3.8) is 0 Å². The molecule has 25 heavy (non-hydrogen) atoms. The molecule has 0 spiro atoms. The van der Waals surface area contributed by atoms with Gasteiger partial charge in [0.2, 0.25) is 0 Å². The van der Waals surface area contributed by atoms with E-state index in [-0.39, 0.29) is 6.10 Å². The second-order valence-corrected chi connectivity index (χ2v) is 6.65. The zero-order chi connectivity index (χ0) is 18.1. The summed E-state index contributed by atoms with van der Waals surface area (Å²) < 4.78 is 0. The van der Waals surface area contributed by atoms with Gasteiger partial charge in [-0.05, 0) is 38.4 Å². The third kappa shape index (κ3) is 6.01. The van der Waals surface area contributed by atoms with Gasteiger partial charge in [-0.2, -0.15) is 0 Å². The van der Waals surface area contributed by atoms with Gasteiger partial charge in [0, 0.05) is 25.7 Å². The van der Waals surface area contributed by atoms with E-state index in [0.717, 1.165) is 51.5 Å². The summed E-state index contributed by atoms with van der Waals surface area (Å²) in [6, 6.07) is 11.1. The molecule has 5 heteroatoms. The Hall–Kier alpha value is -1.59. The van der Waals surface area contributed by atoms with E-state index in [9.17, 15) is 5.11 Å². The molecule has 1 aliphatic heterocycles. The van der Waals surface area contributed by atoms with Crippen molar-refractivity contribution in [3.05, 3.63) is 35.9 Å². The Balaban J connectivity index is 2.09. The van der Waals surface area contributed by atoms with E-state index < -0.39 is 0 Å². The molecule has 1 saturated heterocycles. The summed E-state index contributed by atoms with van der Waals surface area (Å²) in [7, 11) is 0. The van der Waals surface area contributed by atoms with Crippen LogP contribution >= 0.6 is 0 Å². The van der Waals surface area contributed by atoms with E-state index in [1.54, 1.807) is 0 Å². The Labute approximate surface area is 152 Å². The van der Waals surface area contributed by atoms with E-state index in [1.807, 2.05) is 0 Å². The first-order valence-corrected chi connectivity index (χ1v) is 9.67. The second kappa shape index (κ2) is 10.4. The van der Waals surface area contributed by atoms with Crippen LogP contribution < -0.4 is 5.32 Å². The van der Waals surface area contributed by atoms with Gasteiger partial charge in [0.15, 0.2) is 5.96 Å². The molecule has 1 aromatic rings. The number of rotatable bonds is 8. The Morgan fingerprint density at radius 3 is 2.56 bits per heavy atom. The fourth-order valence-corrected chi connectivity index (χ4v) is 3.49. The highest BCUT2D eigenvalue weighted by Gasteiger charge is 2.23. The number of likely N-dealkylation sites (tertiary alicyclic amines) is 1. The summed E-state index contributed by atoms with van der Waals surface area (Å²) in [4.78, 5) is 9.58. The van der Waals surface area contributed by atoms with E-state index in [4.69, 9.17) is 4.99 Å². The van der Waals surface area contributed by atoms with Crippen LogP contribution in [-0.2, 0) is 6.42 Å². The molecule has 1 unspecified atom stereocenters. The van der Waals surface area contributed by atoms with Crippen LogP contribution in [-0.4, -0.2) is 72.3 Å². The van der Waals surface area contributed by atoms with Crippen LogP contribution in [0.15, 0.2) is 35.3 Å². The second-order valence-electron chi connectivity index (χ2n) is 6.65. The lowest BCUT2D eigenvalue weighted by Gasteiger charge is -2.29. The minimum absolute atomic E-state index is 0.230. The molecule has 0 aliphatic carbocycles. The van der Waals surface area contributed by atoms with Crippen LogP contribution in [0.5, 0.6) is 0 Å². The zero-order valence-corrected chi connectivity index (χ0v) is 16.0. The lowest BCUT2D eigenvalue weighted by atomic mass is 10.0. The average Bonchev–Trinajstić information content (AvgIpc) is 3.06. The van der Waals surface area contributed by atoms with Gasteiger partial charge < -0.3 is 15.3 Å². The smallest absolute Gasteiger partial charge is 0.194 e. The predicted octanol–water partition coefficient (Wildman–Crippen LogP) is 1.97. The van der Waals surface area contributed by atoms with Gasteiger partial charge in [-0.1, -0.05) is 44.2 Å². The van der Waals surface area contributed by atoms with Crippen LogP contribution in [0, 0.1) is 0 Å². The molecule has 1 heterocycles. The fraction of sp³-hybridized carbons (Fsp3) is 0.650. The number of hydrogen-bond acceptors (Lipinski definition) is 3. The number of benzene rings is 1. The fourth-order valence-electron chi connectivity index (χ4n) is 3.49. The lowest BCUT2D eigenvalue weighted by Crippen LogP contribution is -2.43. The van der Waals surface area contributed by atoms with E-state index in [0.29, 0.717) is 12.6 Å². The topological polar surface area (TPSA) is 51.1 Å². The van der Waals surface area contributed by atoms with Gasteiger partial charge in [-0.3, -0.25) is 9.89 Å². The molecule has 0 bridgehead atoms. The molecule has 0 aromatic heterocycles. The van der Waals surface area contributed by atoms with Crippen LogP contribution in [0.4, 0.5) is 0 Å². The molecular weight excluding hydrogens is 312 g/mol. The number of aliphatic hydroxyl groups excluding tert-OH is 1. The highest BCUT2D eigenvalue weighted by Crippen LogP contribution is 2.12. The Morgan fingerprint density at radius 1 is 1.28 bits per heavy atom. The maximum atomic E-state index is 9.82. The van der Waals surface area contributed by atoms with Crippen molar-refractivity contribution in [1.29, 1.82) is 0 Å². The first kappa shape index (κ1) is 19.7. The van der Waals surface area contributed by atoms with Gasteiger partial charge in [-0.25, -0.2) is 0 Å². The summed E-state index contributed by atoms with van der Waals surface area (Å²) in [6.07, 6.45) is 1.61. The number of likely N-dealkylation sites (N-methyl/N-ethyl adjacent to an activating group) is 1. The molecule has 0 radical (unpaired) electrons. The van der Waals surface area contributed by atoms with Crippen molar-refractivity contribution in [2.24, 2.45) is 4.99 Å². The molecule has 2 atom stereocenters. The standard InChI is InChI=1S/C20H34N4O/c1-4-21-20(24-13-12-19(25)16-24)22-15-18(23(5-2)6-3)14-17-10-8-7-9-11-17/h7-11,18-19,25H,4-6,12-16H2,1-3H3,(H,21,22)/t18?,19-/m1/s1. The number of aliphatic hydroxyl groups is 1. The minimum atomic E-state index is -0.230. The molecule has 0 saturated carbocycles. The first-order chi connectivity index (χ1) is 12.2. The average molecular weight is 347 g/mol. The highest BCUT2D eigenvalue weighted by molar-refractivity contribution is 5.80. The van der Waals surface area contributed by atoms with Gasteiger partial charge in [0.25, 0.3) is 0 Å². The van der Waals surface area contributed by atoms with Crippen LogP contribution in [0.2, 0.25) is 0 Å². The number of β-amino-alcohol motifs (C(OH)–C–C–N with tert-alkyl or cyclic N) is 1. The number of hydrogen-bond donors (Lipinski definition) is 2. The highest BCUT2D eigenvalue weighted by atomic mass is 16.3. The van der Waals surface area contributed by atoms with Crippen LogP contribution in [0.1, 0.15) is 32.8 Å². The van der Waals surface area contributed by atoms with E-state index in [2.05, 4.69) is 66.2 Å². The van der Waals surface area contributed by atoms with E-state index >= 15 is 0 Å². The molecule has 1 fully saturated rings. The summed E-state index contributed by atoms with van der Waals surface area (Å²) >= 11 is 0. The summed E-state index contributed by atoms with van der Waals surface area (Å²) in [5.74, 6) is 0.935. The van der Waals surface area contributed by atoms with Crippen molar-refractivity contribution in [2.45, 2.75) is 45.8 Å². The Morgan fingerprint density at radius 2 is 2.00 bits per heavy atom. The molecule has 140 valence electrons. The van der Waals surface area contributed by atoms with Gasteiger partial charge in [-0.15, -0.1) is 0 Å². The zero-order valence-electron chi connectivity index (χ0n) is 16.0. The summed E-state index contributed by atoms with van der Waals surface area (Å²) in [5, 5.41) is 13.2. The Bertz CT molecular complexity index is 516. The third-order valence-corrected chi connectivity index (χ3v) is 4.89. The van der Waals surface area contributed by atoms with Gasteiger partial charge in [0.1, 0.15) is 0 Å². The van der Waals surface area contributed by atoms with Crippen molar-refractivity contribution in [3.8, 4) is 0 Å². The number of nitrogens with zero attached hydrogens (tertiary/aromatic N) is 3. The first-order valence-electron chi connectivity index (χ1n) is 9.67. The Kier molecular flexibility index (Phi) is 8.22. The normalized spacial score (nSPS) is 19.5. The lowest BCUT2D eigenvalue weighted by molar-refractivity contribution is 0.187. The molecular formula is C20H34N4O. The van der Waals surface area contributed by atoms with Crippen molar-refractivity contribution in [2.75, 3.05) is 39.3 Å². The minimum Gasteiger partial charge on any atom is -0.391 e. The number of aliphatic imine (C=N–C) groups is 1. The van der Waals surface area contributed by atoms with Crippen molar-refractivity contribution < 1.29 is 5.11 Å². The van der Waals surface area contributed by atoms with Gasteiger partial charge >= 0.3 is 0 Å². The van der Waals surface area contributed by atoms with E-state index in [1.165, 1.54) is 5.56 Å². The molecule has 5 nitrogen and oxygen atoms in total. The van der Waals surface area contributed by atoms with Crippen molar-refractivity contribution >= 4 is 5.96 Å². The maximum Gasteiger partial charge on any atom is 0.194 e. The van der Waals surface area contributed by atoms with Crippen LogP contribution in [0.3, 0.4) is 0 Å². The number of nitrogens with one attached hydrogen (secondary N) is 1. The molecule has 0 amide bonds. The SMILES string of the molecule is CCNC(=NCC(Cc1ccccc1)N(CC)CC)N1CC[C@@H](O)C1. The predicted molar refractivity (Wildman–Crippen MR) is 105 cm³/mol. The monoisotopic (exact) mass is 346 g/mol. The summed E-state index contributed by atoms with van der Waals surface area (Å²) in [6.45, 7) is 11.8. The summed E-state index contributed by atoms with van der Waals surface area (Å²) in [5.41, 5.74) is 1.36. The molecule has 1 aromatic carbocycles. The largest absolute Gasteiger partial charge is 0.391 e. The molecule has 1 aliphatic rings. The quantitative estimate of drug-likeness (QED) is 0.558.